The molecule has 0 radical (unpaired) electrons. The molecule has 1 N–H and O–H groups in total. The number of ketones is 1. The van der Waals surface area contributed by atoms with E-state index in [2.05, 4.69) is 10.3 Å². The molecule has 0 aliphatic rings. The Labute approximate surface area is 167 Å². The topological polar surface area (TPSA) is 60.5 Å². The van der Waals surface area contributed by atoms with Gasteiger partial charge in [0.2, 0.25) is 0 Å². The van der Waals surface area contributed by atoms with Crippen molar-refractivity contribution in [2.45, 2.75) is 19.9 Å². The molecule has 3 aromatic rings. The van der Waals surface area contributed by atoms with E-state index < -0.39 is 0 Å². The van der Waals surface area contributed by atoms with Crippen LogP contribution in [0.4, 0.5) is 5.13 Å². The molecule has 0 saturated carbocycles. The van der Waals surface area contributed by atoms with Crippen molar-refractivity contribution in [3.8, 4) is 11.5 Å². The summed E-state index contributed by atoms with van der Waals surface area (Å²) in [6.07, 6.45) is 0. The number of Topliss-reactive ketones (excluding diaryl/α,β-unsaturated/α-hetero) is 1. The Kier molecular flexibility index (Phi) is 6.99. The number of aromatic nitrogens is 1. The minimum absolute atomic E-state index is 0. The number of carbonyl (C=O) groups is 1. The third kappa shape index (κ3) is 4.34. The van der Waals surface area contributed by atoms with Gasteiger partial charge in [-0.1, -0.05) is 17.4 Å². The van der Waals surface area contributed by atoms with Crippen LogP contribution >= 0.6 is 28.3 Å². The Balaban J connectivity index is 0.00000243. The van der Waals surface area contributed by atoms with Gasteiger partial charge >= 0.3 is 0 Å². The van der Waals surface area contributed by atoms with Gasteiger partial charge in [-0.3, -0.25) is 4.79 Å². The molecule has 0 fully saturated rings. The molecule has 26 heavy (non-hydrogen) atoms. The summed E-state index contributed by atoms with van der Waals surface area (Å²) in [6.45, 7) is 4.37. The summed E-state index contributed by atoms with van der Waals surface area (Å²) in [6, 6.07) is 12.6. The second-order valence-electron chi connectivity index (χ2n) is 5.51. The molecule has 0 bridgehead atoms. The van der Waals surface area contributed by atoms with Gasteiger partial charge < -0.3 is 14.8 Å². The van der Waals surface area contributed by atoms with Crippen LogP contribution in [0, 0.1) is 0 Å². The highest BCUT2D eigenvalue weighted by Gasteiger charge is 2.17. The number of hydrogen-bond donors (Lipinski definition) is 1. The highest BCUT2D eigenvalue weighted by atomic mass is 79.9. The van der Waals surface area contributed by atoms with E-state index in [1.54, 1.807) is 19.2 Å². The lowest BCUT2D eigenvalue weighted by atomic mass is 10.1. The predicted octanol–water partition coefficient (Wildman–Crippen LogP) is 4.96. The second kappa shape index (κ2) is 9.00. The van der Waals surface area contributed by atoms with Crippen molar-refractivity contribution in [3.05, 3.63) is 48.0 Å². The highest BCUT2D eigenvalue weighted by Crippen LogP contribution is 2.32. The summed E-state index contributed by atoms with van der Waals surface area (Å²) >= 11 is 1.50. The van der Waals surface area contributed by atoms with Gasteiger partial charge in [0.25, 0.3) is 0 Å². The first-order chi connectivity index (χ1) is 12.1. The standard InChI is InChI=1S/C19H20N2O3S.BrH/c1-4-24-14-10-8-13(9-11-14)18(22)12(2)20-19-21-17-15(23-3)6-5-7-16(17)25-19;/h5-12H,4H2,1-3H3,(H,20,21);1H. The van der Waals surface area contributed by atoms with Gasteiger partial charge in [0, 0.05) is 5.56 Å². The average Bonchev–Trinajstić information content (AvgIpc) is 3.04. The van der Waals surface area contributed by atoms with E-state index in [1.807, 2.05) is 44.2 Å². The maximum atomic E-state index is 12.6. The average molecular weight is 437 g/mol. The van der Waals surface area contributed by atoms with E-state index in [1.165, 1.54) is 11.3 Å². The molecule has 2 aromatic carbocycles. The lowest BCUT2D eigenvalue weighted by molar-refractivity contribution is 0.0975. The fourth-order valence-electron chi connectivity index (χ4n) is 2.53. The van der Waals surface area contributed by atoms with Crippen molar-refractivity contribution >= 4 is 49.4 Å². The lowest BCUT2D eigenvalue weighted by Crippen LogP contribution is -2.26. The van der Waals surface area contributed by atoms with Crippen molar-refractivity contribution in [3.63, 3.8) is 0 Å². The quantitative estimate of drug-likeness (QED) is 0.530. The van der Waals surface area contributed by atoms with E-state index in [-0.39, 0.29) is 28.8 Å². The third-order valence-corrected chi connectivity index (χ3v) is 4.74. The molecule has 3 rings (SSSR count). The van der Waals surface area contributed by atoms with Crippen LogP contribution in [-0.2, 0) is 0 Å². The van der Waals surface area contributed by atoms with Gasteiger partial charge in [0.1, 0.15) is 17.0 Å². The number of thiazole rings is 1. The molecule has 138 valence electrons. The number of carbonyl (C=O) groups excluding carboxylic acids is 1. The van der Waals surface area contributed by atoms with Crippen molar-refractivity contribution in [2.75, 3.05) is 19.0 Å². The summed E-state index contributed by atoms with van der Waals surface area (Å²) < 4.78 is 11.8. The van der Waals surface area contributed by atoms with Crippen LogP contribution in [0.25, 0.3) is 10.2 Å². The Morgan fingerprint density at radius 1 is 1.23 bits per heavy atom. The van der Waals surface area contributed by atoms with Gasteiger partial charge in [-0.25, -0.2) is 4.98 Å². The van der Waals surface area contributed by atoms with Crippen LogP contribution in [0.3, 0.4) is 0 Å². The molecular weight excluding hydrogens is 416 g/mol. The summed E-state index contributed by atoms with van der Waals surface area (Å²) in [5.74, 6) is 1.50. The number of para-hydroxylation sites is 1. The van der Waals surface area contributed by atoms with Gasteiger partial charge in [-0.15, -0.1) is 17.0 Å². The number of rotatable bonds is 7. The van der Waals surface area contributed by atoms with Gasteiger partial charge in [-0.05, 0) is 50.2 Å². The van der Waals surface area contributed by atoms with Gasteiger partial charge in [0.15, 0.2) is 10.9 Å². The predicted molar refractivity (Wildman–Crippen MR) is 112 cm³/mol. The highest BCUT2D eigenvalue weighted by molar-refractivity contribution is 8.93. The van der Waals surface area contributed by atoms with Crippen molar-refractivity contribution < 1.29 is 14.3 Å². The second-order valence-corrected chi connectivity index (χ2v) is 6.54. The minimum Gasteiger partial charge on any atom is -0.494 e. The summed E-state index contributed by atoms with van der Waals surface area (Å²) in [5.41, 5.74) is 1.44. The fourth-order valence-corrected chi connectivity index (χ4v) is 3.50. The van der Waals surface area contributed by atoms with Crippen molar-refractivity contribution in [2.24, 2.45) is 0 Å². The number of hydrogen-bond acceptors (Lipinski definition) is 6. The first kappa shape index (κ1) is 20.2. The van der Waals surface area contributed by atoms with Crippen molar-refractivity contribution in [1.82, 2.24) is 4.98 Å². The molecule has 0 spiro atoms. The maximum absolute atomic E-state index is 12.6. The van der Waals surface area contributed by atoms with E-state index in [0.29, 0.717) is 17.3 Å². The first-order valence-electron chi connectivity index (χ1n) is 8.09. The molecular formula is C19H21BrN2O3S. The van der Waals surface area contributed by atoms with E-state index >= 15 is 0 Å². The van der Waals surface area contributed by atoms with Gasteiger partial charge in [-0.2, -0.15) is 0 Å². The zero-order valence-corrected chi connectivity index (χ0v) is 17.3. The monoisotopic (exact) mass is 436 g/mol. The van der Waals surface area contributed by atoms with Crippen LogP contribution in [0.5, 0.6) is 11.5 Å². The van der Waals surface area contributed by atoms with Crippen LogP contribution in [0.1, 0.15) is 24.2 Å². The number of nitrogens with zero attached hydrogens (tertiary/aromatic N) is 1. The zero-order chi connectivity index (χ0) is 17.8. The summed E-state index contributed by atoms with van der Waals surface area (Å²) in [4.78, 5) is 17.2. The summed E-state index contributed by atoms with van der Waals surface area (Å²) in [5, 5.41) is 3.89. The Morgan fingerprint density at radius 2 is 1.96 bits per heavy atom. The van der Waals surface area contributed by atoms with Crippen LogP contribution < -0.4 is 14.8 Å². The molecule has 0 amide bonds. The fraction of sp³-hybridized carbons (Fsp3) is 0.263. The molecule has 0 saturated heterocycles. The third-order valence-electron chi connectivity index (χ3n) is 3.78. The molecule has 0 aliphatic carbocycles. The molecule has 0 aliphatic heterocycles. The number of methoxy groups -OCH3 is 1. The molecule has 5 nitrogen and oxygen atoms in total. The number of ether oxygens (including phenoxy) is 2. The Hall–Kier alpha value is -2.12. The Morgan fingerprint density at radius 3 is 2.62 bits per heavy atom. The van der Waals surface area contributed by atoms with Crippen LogP contribution in [-0.4, -0.2) is 30.5 Å². The molecule has 1 unspecified atom stereocenters. The maximum Gasteiger partial charge on any atom is 0.184 e. The largest absolute Gasteiger partial charge is 0.494 e. The number of nitrogens with one attached hydrogen (secondary N) is 1. The van der Waals surface area contributed by atoms with E-state index in [0.717, 1.165) is 21.7 Å². The molecule has 1 aromatic heterocycles. The first-order valence-corrected chi connectivity index (χ1v) is 8.91. The zero-order valence-electron chi connectivity index (χ0n) is 14.8. The number of fused-ring (bicyclic) bond motifs is 1. The van der Waals surface area contributed by atoms with Gasteiger partial charge in [0.05, 0.1) is 24.5 Å². The number of benzene rings is 2. The van der Waals surface area contributed by atoms with Crippen LogP contribution in [0.15, 0.2) is 42.5 Å². The van der Waals surface area contributed by atoms with Crippen molar-refractivity contribution in [1.29, 1.82) is 0 Å². The normalized spacial score (nSPS) is 11.5. The summed E-state index contributed by atoms with van der Waals surface area (Å²) in [7, 11) is 1.62. The number of anilines is 1. The minimum atomic E-state index is -0.385. The van der Waals surface area contributed by atoms with E-state index in [9.17, 15) is 4.79 Å². The SMILES string of the molecule is Br.CCOc1ccc(C(=O)C(C)Nc2nc3c(OC)cccc3s2)cc1. The van der Waals surface area contributed by atoms with E-state index in [4.69, 9.17) is 9.47 Å². The molecule has 1 atom stereocenters. The Bertz CT molecular complexity index is 880. The van der Waals surface area contributed by atoms with Crippen LogP contribution in [0.2, 0.25) is 0 Å². The lowest BCUT2D eigenvalue weighted by Gasteiger charge is -2.12. The molecule has 7 heteroatoms. The number of halogens is 1. The molecule has 1 heterocycles. The smallest absolute Gasteiger partial charge is 0.184 e.